The van der Waals surface area contributed by atoms with Crippen LogP contribution >= 0.6 is 0 Å². The van der Waals surface area contributed by atoms with E-state index in [-0.39, 0.29) is 17.3 Å². The second kappa shape index (κ2) is 9.95. The van der Waals surface area contributed by atoms with Gasteiger partial charge in [0.25, 0.3) is 10.0 Å². The Balaban J connectivity index is 1.78. The average molecular weight is 437 g/mol. The molecule has 31 heavy (non-hydrogen) atoms. The molecule has 1 N–H and O–H groups in total. The highest BCUT2D eigenvalue weighted by Gasteiger charge is 2.24. The van der Waals surface area contributed by atoms with Gasteiger partial charge in [0, 0.05) is 12.6 Å². The second-order valence-corrected chi connectivity index (χ2v) is 8.66. The highest BCUT2D eigenvalue weighted by atomic mass is 32.2. The Hall–Kier alpha value is -3.58. The summed E-state index contributed by atoms with van der Waals surface area (Å²) in [4.78, 5) is 11.3. The maximum atomic E-state index is 13.2. The minimum absolute atomic E-state index is 0.111. The Kier molecular flexibility index (Phi) is 7.10. The predicted molar refractivity (Wildman–Crippen MR) is 123 cm³/mol. The molecule has 0 radical (unpaired) electrons. The fourth-order valence-corrected chi connectivity index (χ4v) is 4.39. The van der Waals surface area contributed by atoms with Crippen molar-refractivity contribution in [2.24, 2.45) is 0 Å². The van der Waals surface area contributed by atoms with Crippen LogP contribution in [0.5, 0.6) is 5.75 Å². The number of rotatable bonds is 9. The van der Waals surface area contributed by atoms with Gasteiger partial charge in [-0.2, -0.15) is 0 Å². The van der Waals surface area contributed by atoms with E-state index in [4.69, 9.17) is 4.74 Å². The molecule has 160 valence electrons. The number of amides is 1. The number of anilines is 2. The summed E-state index contributed by atoms with van der Waals surface area (Å²) in [6.07, 6.45) is 1.53. The van der Waals surface area contributed by atoms with Gasteiger partial charge in [0.1, 0.15) is 12.4 Å². The van der Waals surface area contributed by atoms with Crippen molar-refractivity contribution in [2.75, 3.05) is 16.2 Å². The highest BCUT2D eigenvalue weighted by Crippen LogP contribution is 2.27. The van der Waals surface area contributed by atoms with Gasteiger partial charge in [-0.05, 0) is 54.1 Å². The number of hydrogen-bond donors (Lipinski definition) is 1. The van der Waals surface area contributed by atoms with E-state index >= 15 is 0 Å². The van der Waals surface area contributed by atoms with Crippen LogP contribution in [0.4, 0.5) is 11.4 Å². The number of hydrogen-bond acceptors (Lipinski definition) is 4. The fraction of sp³-hybridized carbons (Fsp3) is 0.125. The van der Waals surface area contributed by atoms with E-state index in [1.807, 2.05) is 30.3 Å². The first kappa shape index (κ1) is 22.1. The molecule has 0 heterocycles. The van der Waals surface area contributed by atoms with Crippen molar-refractivity contribution < 1.29 is 17.9 Å². The molecule has 3 rings (SSSR count). The van der Waals surface area contributed by atoms with Crippen LogP contribution in [0.25, 0.3) is 0 Å². The first-order valence-electron chi connectivity index (χ1n) is 9.68. The smallest absolute Gasteiger partial charge is 0.264 e. The molecule has 0 atom stereocenters. The summed E-state index contributed by atoms with van der Waals surface area (Å²) in [5, 5.41) is 2.62. The van der Waals surface area contributed by atoms with Crippen molar-refractivity contribution in [3.05, 3.63) is 97.1 Å². The molecule has 1 amide bonds. The molecule has 0 fully saturated rings. The monoisotopic (exact) mass is 436 g/mol. The summed E-state index contributed by atoms with van der Waals surface area (Å²) in [7, 11) is -3.82. The average Bonchev–Trinajstić information content (AvgIpc) is 2.77. The van der Waals surface area contributed by atoms with Gasteiger partial charge in [-0.3, -0.25) is 9.10 Å². The molecule has 3 aromatic rings. The van der Waals surface area contributed by atoms with E-state index in [0.717, 1.165) is 5.56 Å². The predicted octanol–water partition coefficient (Wildman–Crippen LogP) is 4.61. The molecular formula is C24H24N2O4S. The van der Waals surface area contributed by atoms with Crippen LogP contribution in [0.15, 0.2) is 96.4 Å². The van der Waals surface area contributed by atoms with E-state index in [1.54, 1.807) is 36.4 Å². The van der Waals surface area contributed by atoms with Gasteiger partial charge >= 0.3 is 0 Å². The van der Waals surface area contributed by atoms with E-state index in [1.165, 1.54) is 29.4 Å². The topological polar surface area (TPSA) is 75.7 Å². The zero-order chi connectivity index (χ0) is 22.3. The lowest BCUT2D eigenvalue weighted by Crippen LogP contribution is -2.31. The number of carbonyl (C=O) groups is 1. The molecule has 0 aromatic heterocycles. The molecule has 0 saturated carbocycles. The molecule has 0 aliphatic heterocycles. The van der Waals surface area contributed by atoms with Crippen LogP contribution in [0.1, 0.15) is 12.5 Å². The summed E-state index contributed by atoms with van der Waals surface area (Å²) in [5.74, 6) is 0.418. The van der Waals surface area contributed by atoms with Gasteiger partial charge < -0.3 is 10.1 Å². The van der Waals surface area contributed by atoms with Crippen LogP contribution in [-0.4, -0.2) is 20.9 Å². The maximum absolute atomic E-state index is 13.2. The largest absolute Gasteiger partial charge is 0.489 e. The molecule has 3 aromatic carbocycles. The standard InChI is InChI=1S/C24H24N2O4S/c1-3-17-26(31(28,29)24-15-9-21(10-16-24)25-19(2)27)22-11-13-23(14-12-22)30-18-20-7-5-4-6-8-20/h3-16H,1,17-18H2,2H3,(H,25,27). The van der Waals surface area contributed by atoms with E-state index in [9.17, 15) is 13.2 Å². The van der Waals surface area contributed by atoms with Crippen LogP contribution in [0.3, 0.4) is 0 Å². The Morgan fingerprint density at radius 2 is 1.65 bits per heavy atom. The zero-order valence-electron chi connectivity index (χ0n) is 17.2. The lowest BCUT2D eigenvalue weighted by atomic mass is 10.2. The molecule has 0 unspecified atom stereocenters. The van der Waals surface area contributed by atoms with E-state index < -0.39 is 10.0 Å². The second-order valence-electron chi connectivity index (χ2n) is 6.80. The summed E-state index contributed by atoms with van der Waals surface area (Å²) >= 11 is 0. The Bertz CT molecular complexity index is 1130. The molecule has 0 saturated heterocycles. The van der Waals surface area contributed by atoms with Gasteiger partial charge in [0.05, 0.1) is 17.1 Å². The van der Waals surface area contributed by atoms with Crippen LogP contribution < -0.4 is 14.4 Å². The van der Waals surface area contributed by atoms with E-state index in [0.29, 0.717) is 23.7 Å². The van der Waals surface area contributed by atoms with Crippen molar-refractivity contribution >= 4 is 27.3 Å². The Labute approximate surface area is 182 Å². The summed E-state index contributed by atoms with van der Waals surface area (Å²) in [5.41, 5.74) is 2.07. The lowest BCUT2D eigenvalue weighted by molar-refractivity contribution is -0.114. The molecule has 0 aliphatic rings. The third-order valence-corrected chi connectivity index (χ3v) is 6.24. The molecule has 0 spiro atoms. The fourth-order valence-electron chi connectivity index (χ4n) is 2.95. The van der Waals surface area contributed by atoms with E-state index in [2.05, 4.69) is 11.9 Å². The normalized spacial score (nSPS) is 10.9. The van der Waals surface area contributed by atoms with Crippen molar-refractivity contribution in [1.82, 2.24) is 0 Å². The van der Waals surface area contributed by atoms with Gasteiger partial charge in [0.15, 0.2) is 0 Å². The SMILES string of the molecule is C=CCN(c1ccc(OCc2ccccc2)cc1)S(=O)(=O)c1ccc(NC(C)=O)cc1. The number of nitrogens with zero attached hydrogens (tertiary/aromatic N) is 1. The van der Waals surface area contributed by atoms with Crippen molar-refractivity contribution in [1.29, 1.82) is 0 Å². The van der Waals surface area contributed by atoms with Gasteiger partial charge in [-0.1, -0.05) is 36.4 Å². The maximum Gasteiger partial charge on any atom is 0.264 e. The number of carbonyl (C=O) groups excluding carboxylic acids is 1. The Morgan fingerprint density at radius 1 is 1.00 bits per heavy atom. The minimum atomic E-state index is -3.82. The molecule has 0 bridgehead atoms. The third kappa shape index (κ3) is 5.73. The summed E-state index contributed by atoms with van der Waals surface area (Å²) in [6, 6.07) is 22.7. The van der Waals surface area contributed by atoms with Gasteiger partial charge in [0.2, 0.25) is 5.91 Å². The summed E-state index contributed by atoms with van der Waals surface area (Å²) in [6.45, 7) is 5.61. The van der Waals surface area contributed by atoms with Crippen molar-refractivity contribution in [3.63, 3.8) is 0 Å². The van der Waals surface area contributed by atoms with Gasteiger partial charge in [-0.25, -0.2) is 8.42 Å². The van der Waals surface area contributed by atoms with Crippen molar-refractivity contribution in [2.45, 2.75) is 18.4 Å². The Morgan fingerprint density at radius 3 is 2.23 bits per heavy atom. The zero-order valence-corrected chi connectivity index (χ0v) is 18.0. The number of nitrogens with one attached hydrogen (secondary N) is 1. The molecule has 6 nitrogen and oxygen atoms in total. The van der Waals surface area contributed by atoms with Crippen LogP contribution in [0.2, 0.25) is 0 Å². The number of sulfonamides is 1. The van der Waals surface area contributed by atoms with Crippen molar-refractivity contribution in [3.8, 4) is 5.75 Å². The third-order valence-electron chi connectivity index (χ3n) is 4.43. The number of ether oxygens (including phenoxy) is 1. The first-order chi connectivity index (χ1) is 14.9. The van der Waals surface area contributed by atoms with Crippen LogP contribution in [-0.2, 0) is 21.4 Å². The highest BCUT2D eigenvalue weighted by molar-refractivity contribution is 7.92. The summed E-state index contributed by atoms with van der Waals surface area (Å²) < 4.78 is 33.5. The number of benzene rings is 3. The molecular weight excluding hydrogens is 412 g/mol. The molecule has 0 aliphatic carbocycles. The lowest BCUT2D eigenvalue weighted by Gasteiger charge is -2.23. The quantitative estimate of drug-likeness (QED) is 0.497. The minimum Gasteiger partial charge on any atom is -0.489 e. The van der Waals surface area contributed by atoms with Crippen LogP contribution in [0, 0.1) is 0 Å². The first-order valence-corrected chi connectivity index (χ1v) is 11.1. The molecule has 7 heteroatoms. The van der Waals surface area contributed by atoms with Gasteiger partial charge in [-0.15, -0.1) is 6.58 Å².